The van der Waals surface area contributed by atoms with Gasteiger partial charge in [0.05, 0.1) is 0 Å². The van der Waals surface area contributed by atoms with Gasteiger partial charge in [-0.05, 0) is 0 Å². The summed E-state index contributed by atoms with van der Waals surface area (Å²) < 4.78 is 32.8. The SMILES string of the molecule is Cc1cn([C@H]2C[C@@H](N=[N+]=[N-])[C@@H](COP(=O)(OC(C)C)[Se]c3ccc(Cl)cc3)O2)c(=O)[nH]c1=O. The first-order valence-electron chi connectivity index (χ1n) is 10.00. The van der Waals surface area contributed by atoms with Crippen molar-refractivity contribution < 1.29 is 18.3 Å². The number of aryl methyl sites for hydroxylation is 1. The van der Waals surface area contributed by atoms with Gasteiger partial charge in [0.2, 0.25) is 0 Å². The van der Waals surface area contributed by atoms with E-state index in [0.717, 1.165) is 4.46 Å². The molecule has 1 aromatic carbocycles. The van der Waals surface area contributed by atoms with Crippen LogP contribution in [-0.4, -0.2) is 48.9 Å². The second-order valence-electron chi connectivity index (χ2n) is 7.56. The quantitative estimate of drug-likeness (QED) is 0.163. The van der Waals surface area contributed by atoms with Crippen molar-refractivity contribution in [1.82, 2.24) is 9.55 Å². The molecule has 1 saturated heterocycles. The summed E-state index contributed by atoms with van der Waals surface area (Å²) in [6.07, 6.45) is -3.87. The van der Waals surface area contributed by atoms with Crippen molar-refractivity contribution >= 4 is 36.9 Å². The topological polar surface area (TPSA) is 148 Å². The van der Waals surface area contributed by atoms with Gasteiger partial charge in [-0.3, -0.25) is 0 Å². The number of hydrogen-bond acceptors (Lipinski definition) is 7. The number of ether oxygens (including phenoxy) is 1. The Kier molecular flexibility index (Phi) is 8.61. The minimum absolute atomic E-state index is 0.170. The van der Waals surface area contributed by atoms with Crippen molar-refractivity contribution in [3.63, 3.8) is 0 Å². The molecular formula is C19H23ClN5O6PSe. The van der Waals surface area contributed by atoms with Gasteiger partial charge in [0.15, 0.2) is 0 Å². The predicted molar refractivity (Wildman–Crippen MR) is 124 cm³/mol. The molecule has 0 bridgehead atoms. The standard InChI is InChI=1S/C19H23ClN5O6PSe/c1-11(2)31-32(28,33-14-6-4-13(20)5-7-14)29-10-16-15(23-24-21)8-17(30-16)25-9-12(3)18(26)22-19(25)27/h4-7,9,11,15-17H,8,10H2,1-3H3,(H,22,26,27)/t15-,16-,17-,32?/m1/s1. The van der Waals surface area contributed by atoms with E-state index in [1.54, 1.807) is 45.0 Å². The van der Waals surface area contributed by atoms with Crippen molar-refractivity contribution in [1.29, 1.82) is 0 Å². The third kappa shape index (κ3) is 6.82. The van der Waals surface area contributed by atoms with Crippen LogP contribution in [0.1, 0.15) is 32.1 Å². The molecule has 0 aliphatic carbocycles. The number of aromatic amines is 1. The average Bonchev–Trinajstić information content (AvgIpc) is 3.13. The summed E-state index contributed by atoms with van der Waals surface area (Å²) in [5.74, 6) is 0. The van der Waals surface area contributed by atoms with Gasteiger partial charge in [-0.25, -0.2) is 0 Å². The Balaban J connectivity index is 1.78. The summed E-state index contributed by atoms with van der Waals surface area (Å²) >= 11 is 5.26. The van der Waals surface area contributed by atoms with Crippen LogP contribution < -0.4 is 15.7 Å². The molecule has 4 atom stereocenters. The number of halogens is 1. The Morgan fingerprint density at radius 1 is 1.39 bits per heavy atom. The molecule has 1 aromatic heterocycles. The molecule has 3 rings (SSSR count). The molecule has 11 nitrogen and oxygen atoms in total. The van der Waals surface area contributed by atoms with Gasteiger partial charge in [-0.1, -0.05) is 0 Å². The van der Waals surface area contributed by atoms with E-state index in [-0.39, 0.29) is 19.1 Å². The number of hydrogen-bond donors (Lipinski definition) is 1. The molecule has 2 heterocycles. The molecule has 178 valence electrons. The molecular weight excluding hydrogens is 540 g/mol. The molecule has 1 aliphatic rings. The fourth-order valence-corrected chi connectivity index (χ4v) is 9.40. The summed E-state index contributed by atoms with van der Waals surface area (Å²) in [7, 11) is 0. The van der Waals surface area contributed by atoms with Crippen LogP contribution >= 0.6 is 17.9 Å². The van der Waals surface area contributed by atoms with Gasteiger partial charge >= 0.3 is 200 Å². The zero-order chi connectivity index (χ0) is 24.2. The van der Waals surface area contributed by atoms with Crippen molar-refractivity contribution in [2.45, 2.75) is 51.7 Å². The summed E-state index contributed by atoms with van der Waals surface area (Å²) in [6.45, 7) is 4.90. The minimum atomic E-state index is -3.54. The normalized spacial score (nSPS) is 22.2. The second kappa shape index (κ2) is 11.0. The Hall–Kier alpha value is -1.87. The molecule has 0 radical (unpaired) electrons. The van der Waals surface area contributed by atoms with Crippen LogP contribution in [0.4, 0.5) is 0 Å². The molecule has 0 amide bonds. The van der Waals surface area contributed by atoms with Gasteiger partial charge < -0.3 is 0 Å². The van der Waals surface area contributed by atoms with Crippen molar-refractivity contribution in [2.75, 3.05) is 6.61 Å². The van der Waals surface area contributed by atoms with Crippen LogP contribution in [0.5, 0.6) is 0 Å². The summed E-state index contributed by atoms with van der Waals surface area (Å²) in [4.78, 5) is 29.0. The first kappa shape index (κ1) is 25.7. The van der Waals surface area contributed by atoms with Crippen molar-refractivity contribution in [2.24, 2.45) is 5.11 Å². The van der Waals surface area contributed by atoms with Crippen LogP contribution in [-0.2, 0) is 18.3 Å². The van der Waals surface area contributed by atoms with Crippen molar-refractivity contribution in [3.05, 3.63) is 72.3 Å². The van der Waals surface area contributed by atoms with Crippen LogP contribution in [0.3, 0.4) is 0 Å². The van der Waals surface area contributed by atoms with Gasteiger partial charge in [0, 0.05) is 0 Å². The Morgan fingerprint density at radius 3 is 2.73 bits per heavy atom. The van der Waals surface area contributed by atoms with Crippen LogP contribution in [0.2, 0.25) is 5.02 Å². The number of azide groups is 1. The first-order chi connectivity index (χ1) is 15.6. The zero-order valence-corrected chi connectivity index (χ0v) is 21.4. The monoisotopic (exact) mass is 563 g/mol. The molecule has 1 aliphatic heterocycles. The Morgan fingerprint density at radius 2 is 2.09 bits per heavy atom. The molecule has 0 saturated carbocycles. The van der Waals surface area contributed by atoms with Gasteiger partial charge in [0.25, 0.3) is 0 Å². The number of nitrogens with one attached hydrogen (secondary N) is 1. The number of nitrogens with zero attached hydrogens (tertiary/aromatic N) is 4. The maximum atomic E-state index is 13.5. The van der Waals surface area contributed by atoms with Crippen LogP contribution in [0.25, 0.3) is 10.4 Å². The molecule has 14 heteroatoms. The third-order valence-corrected chi connectivity index (χ3v) is 11.0. The van der Waals surface area contributed by atoms with E-state index in [1.165, 1.54) is 10.8 Å². The second-order valence-corrected chi connectivity index (χ2v) is 14.5. The maximum absolute atomic E-state index is 13.5. The Labute approximate surface area is 200 Å². The summed E-state index contributed by atoms with van der Waals surface area (Å²) in [5, 5.41) is 4.31. The Bertz CT molecular complexity index is 1200. The summed E-state index contributed by atoms with van der Waals surface area (Å²) in [5.41, 5.74) is 8.16. The van der Waals surface area contributed by atoms with E-state index >= 15 is 0 Å². The summed E-state index contributed by atoms with van der Waals surface area (Å²) in [6, 6.07) is 6.25. The van der Waals surface area contributed by atoms with Crippen molar-refractivity contribution in [3.8, 4) is 0 Å². The molecule has 33 heavy (non-hydrogen) atoms. The van der Waals surface area contributed by atoms with Gasteiger partial charge in [-0.15, -0.1) is 0 Å². The van der Waals surface area contributed by atoms with E-state index < -0.39 is 50.4 Å². The molecule has 0 spiro atoms. The van der Waals surface area contributed by atoms with E-state index in [2.05, 4.69) is 15.0 Å². The number of rotatable bonds is 9. The fourth-order valence-electron chi connectivity index (χ4n) is 3.15. The third-order valence-electron chi connectivity index (χ3n) is 4.63. The van der Waals surface area contributed by atoms with E-state index in [9.17, 15) is 14.2 Å². The average molecular weight is 563 g/mol. The van der Waals surface area contributed by atoms with E-state index in [4.69, 9.17) is 30.9 Å². The molecule has 1 fully saturated rings. The van der Waals surface area contributed by atoms with Gasteiger partial charge in [0.1, 0.15) is 0 Å². The van der Waals surface area contributed by atoms with Crippen LogP contribution in [0.15, 0.2) is 45.2 Å². The van der Waals surface area contributed by atoms with Gasteiger partial charge in [-0.2, -0.15) is 0 Å². The number of H-pyrrole nitrogens is 1. The van der Waals surface area contributed by atoms with E-state index in [0.29, 0.717) is 10.6 Å². The number of benzene rings is 1. The molecule has 1 unspecified atom stereocenters. The van der Waals surface area contributed by atoms with E-state index in [1.807, 2.05) is 0 Å². The molecule has 2 aromatic rings. The number of aromatic nitrogens is 2. The first-order valence-corrected chi connectivity index (χ1v) is 15.0. The molecule has 1 N–H and O–H groups in total. The predicted octanol–water partition coefficient (Wildman–Crippen LogP) is 3.04. The zero-order valence-electron chi connectivity index (χ0n) is 18.1. The fraction of sp³-hybridized carbons (Fsp3) is 0.474. The van der Waals surface area contributed by atoms with Crippen LogP contribution in [0, 0.1) is 6.92 Å².